The lowest BCUT2D eigenvalue weighted by Gasteiger charge is -2.01. The first kappa shape index (κ1) is 9.79. The summed E-state index contributed by atoms with van der Waals surface area (Å²) in [7, 11) is 0. The lowest BCUT2D eigenvalue weighted by molar-refractivity contribution is 0.136. The molecule has 4 N–H and O–H groups in total. The fraction of sp³-hybridized carbons (Fsp3) is 0.714. The third-order valence-corrected chi connectivity index (χ3v) is 1.61. The van der Waals surface area contributed by atoms with E-state index in [0.717, 1.165) is 13.0 Å². The number of hydrogen-bond donors (Lipinski definition) is 2. The molecule has 74 valence electrons. The number of rotatable bonds is 5. The molecule has 0 fully saturated rings. The summed E-state index contributed by atoms with van der Waals surface area (Å²) >= 11 is 0. The summed E-state index contributed by atoms with van der Waals surface area (Å²) in [5.41, 5.74) is 5.39. The first-order valence-corrected chi connectivity index (χ1v) is 4.28. The van der Waals surface area contributed by atoms with Gasteiger partial charge < -0.3 is 16.3 Å². The molecule has 6 nitrogen and oxygen atoms in total. The third-order valence-electron chi connectivity index (χ3n) is 1.61. The molecule has 0 unspecified atom stereocenters. The number of nitrogens with two attached hydrogens (primary N) is 2. The number of nitrogen functional groups attached to an aromatic ring is 2. The van der Waals surface area contributed by atoms with Crippen molar-refractivity contribution in [3.8, 4) is 0 Å². The lowest BCUT2D eigenvalue weighted by Crippen LogP contribution is -2.16. The van der Waals surface area contributed by atoms with Crippen molar-refractivity contribution < 1.29 is 4.74 Å². The molecular weight excluding hydrogens is 170 g/mol. The van der Waals surface area contributed by atoms with Crippen LogP contribution in [-0.4, -0.2) is 28.1 Å². The Kier molecular flexibility index (Phi) is 3.51. The van der Waals surface area contributed by atoms with Gasteiger partial charge in [-0.05, 0) is 6.42 Å². The molecule has 0 saturated heterocycles. The van der Waals surface area contributed by atoms with Gasteiger partial charge in [0.1, 0.15) is 0 Å². The van der Waals surface area contributed by atoms with Gasteiger partial charge in [-0.15, -0.1) is 10.2 Å². The van der Waals surface area contributed by atoms with Crippen LogP contribution in [0.25, 0.3) is 0 Å². The Morgan fingerprint density at radius 2 is 2.15 bits per heavy atom. The Hall–Kier alpha value is -1.30. The average Bonchev–Trinajstić information content (AvgIpc) is 2.43. The Labute approximate surface area is 76.8 Å². The van der Waals surface area contributed by atoms with Gasteiger partial charge in [-0.2, -0.15) is 0 Å². The molecule has 0 aliphatic carbocycles. The van der Waals surface area contributed by atoms with Crippen molar-refractivity contribution >= 4 is 5.95 Å². The van der Waals surface area contributed by atoms with Crippen molar-refractivity contribution in [1.29, 1.82) is 0 Å². The summed E-state index contributed by atoms with van der Waals surface area (Å²) in [6.07, 6.45) is 1.65. The van der Waals surface area contributed by atoms with Gasteiger partial charge >= 0.3 is 0 Å². The minimum atomic E-state index is 0.227. The molecule has 1 heterocycles. The summed E-state index contributed by atoms with van der Waals surface area (Å²) in [5.74, 6) is 6.40. The highest BCUT2D eigenvalue weighted by Crippen LogP contribution is 1.98. The van der Waals surface area contributed by atoms with Gasteiger partial charge in [-0.1, -0.05) is 6.92 Å². The smallest absolute Gasteiger partial charge is 0.240 e. The van der Waals surface area contributed by atoms with E-state index in [-0.39, 0.29) is 5.95 Å². The van der Waals surface area contributed by atoms with Crippen LogP contribution < -0.4 is 11.6 Å². The quantitative estimate of drug-likeness (QED) is 0.478. The predicted octanol–water partition coefficient (Wildman–Crippen LogP) is -0.457. The van der Waals surface area contributed by atoms with Gasteiger partial charge in [0.15, 0.2) is 5.82 Å². The lowest BCUT2D eigenvalue weighted by atomic mass is 10.4. The maximum Gasteiger partial charge on any atom is 0.240 e. The van der Waals surface area contributed by atoms with E-state index in [1.165, 1.54) is 4.68 Å². The Balaban J connectivity index is 2.32. The van der Waals surface area contributed by atoms with Crippen LogP contribution in [0.3, 0.4) is 0 Å². The van der Waals surface area contributed by atoms with E-state index < -0.39 is 0 Å². The van der Waals surface area contributed by atoms with Crippen LogP contribution in [0.5, 0.6) is 0 Å². The summed E-state index contributed by atoms with van der Waals surface area (Å²) in [4.78, 5) is 0. The largest absolute Gasteiger partial charge is 0.381 e. The van der Waals surface area contributed by atoms with Gasteiger partial charge in [0.25, 0.3) is 0 Å². The second-order valence-electron chi connectivity index (χ2n) is 2.71. The average molecular weight is 185 g/mol. The summed E-state index contributed by atoms with van der Waals surface area (Å²) in [5, 5.41) is 7.42. The molecular formula is C7H15N5O. The van der Waals surface area contributed by atoms with Crippen LogP contribution in [0, 0.1) is 0 Å². The molecule has 0 atom stereocenters. The van der Waals surface area contributed by atoms with Crippen molar-refractivity contribution in [2.24, 2.45) is 0 Å². The molecule has 0 amide bonds. The standard InChI is InChI=1S/C7H15N5O/c1-2-4-13-5-3-6-10-11-7(8)12(6)9/h2-5,9H2,1H3,(H2,8,11). The molecule has 1 aromatic rings. The molecule has 1 rings (SSSR count). The third kappa shape index (κ3) is 2.59. The maximum atomic E-state index is 5.53. The first-order chi connectivity index (χ1) is 6.25. The van der Waals surface area contributed by atoms with Gasteiger partial charge in [-0.3, -0.25) is 0 Å². The fourth-order valence-corrected chi connectivity index (χ4v) is 0.918. The molecule has 0 aliphatic rings. The zero-order valence-corrected chi connectivity index (χ0v) is 7.73. The highest BCUT2D eigenvalue weighted by Gasteiger charge is 2.04. The van der Waals surface area contributed by atoms with Crippen molar-refractivity contribution in [1.82, 2.24) is 14.9 Å². The van der Waals surface area contributed by atoms with E-state index in [4.69, 9.17) is 16.3 Å². The summed E-state index contributed by atoms with van der Waals surface area (Å²) in [6, 6.07) is 0. The number of anilines is 1. The van der Waals surface area contributed by atoms with E-state index in [1.807, 2.05) is 0 Å². The van der Waals surface area contributed by atoms with Gasteiger partial charge in [-0.25, -0.2) is 4.68 Å². The van der Waals surface area contributed by atoms with Crippen LogP contribution in [-0.2, 0) is 11.2 Å². The number of ether oxygens (including phenoxy) is 1. The normalized spacial score (nSPS) is 10.5. The van der Waals surface area contributed by atoms with Crippen LogP contribution in [0.15, 0.2) is 0 Å². The maximum absolute atomic E-state index is 5.53. The molecule has 0 spiro atoms. The van der Waals surface area contributed by atoms with Crippen molar-refractivity contribution in [3.05, 3.63) is 5.82 Å². The second-order valence-corrected chi connectivity index (χ2v) is 2.71. The number of hydrogen-bond acceptors (Lipinski definition) is 5. The zero-order valence-electron chi connectivity index (χ0n) is 7.73. The van der Waals surface area contributed by atoms with Crippen LogP contribution in [0.4, 0.5) is 5.95 Å². The molecule has 0 aliphatic heterocycles. The number of aromatic nitrogens is 3. The minimum Gasteiger partial charge on any atom is -0.381 e. The summed E-state index contributed by atoms with van der Waals surface area (Å²) in [6.45, 7) is 3.42. The molecule has 6 heteroatoms. The zero-order chi connectivity index (χ0) is 9.68. The Morgan fingerprint density at radius 3 is 2.69 bits per heavy atom. The molecule has 0 bridgehead atoms. The van der Waals surface area contributed by atoms with Crippen molar-refractivity contribution in [2.75, 3.05) is 24.8 Å². The highest BCUT2D eigenvalue weighted by molar-refractivity contribution is 5.16. The molecule has 0 radical (unpaired) electrons. The van der Waals surface area contributed by atoms with E-state index in [9.17, 15) is 0 Å². The van der Waals surface area contributed by atoms with Gasteiger partial charge in [0.2, 0.25) is 5.95 Å². The van der Waals surface area contributed by atoms with Crippen LogP contribution in [0.2, 0.25) is 0 Å². The van der Waals surface area contributed by atoms with Crippen LogP contribution >= 0.6 is 0 Å². The minimum absolute atomic E-state index is 0.227. The van der Waals surface area contributed by atoms with Gasteiger partial charge in [0.05, 0.1) is 6.61 Å². The molecule has 1 aromatic heterocycles. The van der Waals surface area contributed by atoms with E-state index >= 15 is 0 Å². The van der Waals surface area contributed by atoms with Crippen molar-refractivity contribution in [2.45, 2.75) is 19.8 Å². The monoisotopic (exact) mass is 185 g/mol. The Bertz CT molecular complexity index is 259. The van der Waals surface area contributed by atoms with Crippen molar-refractivity contribution in [3.63, 3.8) is 0 Å². The van der Waals surface area contributed by atoms with Gasteiger partial charge in [0, 0.05) is 13.0 Å². The predicted molar refractivity (Wildman–Crippen MR) is 49.4 cm³/mol. The van der Waals surface area contributed by atoms with E-state index in [1.54, 1.807) is 0 Å². The number of nitrogens with zero attached hydrogens (tertiary/aromatic N) is 3. The highest BCUT2D eigenvalue weighted by atomic mass is 16.5. The Morgan fingerprint density at radius 1 is 1.38 bits per heavy atom. The molecule has 13 heavy (non-hydrogen) atoms. The van der Waals surface area contributed by atoms with Crippen LogP contribution in [0.1, 0.15) is 19.2 Å². The topological polar surface area (TPSA) is 92.0 Å². The van der Waals surface area contributed by atoms with E-state index in [0.29, 0.717) is 18.9 Å². The van der Waals surface area contributed by atoms with E-state index in [2.05, 4.69) is 17.1 Å². The summed E-state index contributed by atoms with van der Waals surface area (Å²) < 4.78 is 6.55. The fourth-order valence-electron chi connectivity index (χ4n) is 0.918. The molecule has 0 aromatic carbocycles. The molecule has 0 saturated carbocycles. The SMILES string of the molecule is CCCOCCc1nnc(N)n1N. The first-order valence-electron chi connectivity index (χ1n) is 4.28. The second kappa shape index (κ2) is 4.66.